The van der Waals surface area contributed by atoms with Crippen LogP contribution in [0.5, 0.6) is 5.75 Å². The smallest absolute Gasteiger partial charge is 0.450 e. The number of piperidine rings is 2. The molecule has 0 aromatic heterocycles. The van der Waals surface area contributed by atoms with Gasteiger partial charge in [0.05, 0.1) is 6.61 Å². The zero-order chi connectivity index (χ0) is 20.9. The average Bonchev–Trinajstić information content (AvgIpc) is 2.69. The number of likely N-dealkylation sites (tertiary alicyclic amines) is 2. The number of benzene rings is 1. The SMILES string of the molecule is CCOC(=O)N1CCC(CN2CCC(c3ccccc3OC(F)(F)F)CC2)CC1. The number of hydrogen-bond donors (Lipinski definition) is 0. The number of nitrogens with zero attached hydrogens (tertiary/aromatic N) is 2. The van der Waals surface area contributed by atoms with Crippen molar-refractivity contribution >= 4 is 6.09 Å². The summed E-state index contributed by atoms with van der Waals surface area (Å²) in [5.41, 5.74) is 0.646. The fourth-order valence-corrected chi connectivity index (χ4v) is 4.34. The minimum Gasteiger partial charge on any atom is -0.450 e. The fraction of sp³-hybridized carbons (Fsp3) is 0.667. The van der Waals surface area contributed by atoms with Crippen LogP contribution in [0.15, 0.2) is 24.3 Å². The third-order valence-corrected chi connectivity index (χ3v) is 5.83. The third-order valence-electron chi connectivity index (χ3n) is 5.83. The van der Waals surface area contributed by atoms with Crippen molar-refractivity contribution in [3.05, 3.63) is 29.8 Å². The summed E-state index contributed by atoms with van der Waals surface area (Å²) in [7, 11) is 0. The van der Waals surface area contributed by atoms with Crippen LogP contribution in [0.2, 0.25) is 0 Å². The Morgan fingerprint density at radius 2 is 1.72 bits per heavy atom. The molecule has 2 saturated heterocycles. The molecule has 0 bridgehead atoms. The van der Waals surface area contributed by atoms with E-state index in [1.807, 2.05) is 6.92 Å². The second kappa shape index (κ2) is 9.69. The standard InChI is InChI=1S/C21H29F3N2O3/c1-2-28-20(27)26-13-7-16(8-14-26)15-25-11-9-17(10-12-25)18-5-3-4-6-19(18)29-21(22,23)24/h3-6,16-17H,2,7-15H2,1H3. The fourth-order valence-electron chi connectivity index (χ4n) is 4.34. The van der Waals surface area contributed by atoms with Crippen molar-refractivity contribution in [2.24, 2.45) is 5.92 Å². The molecule has 0 unspecified atom stereocenters. The molecule has 162 valence electrons. The van der Waals surface area contributed by atoms with Gasteiger partial charge >= 0.3 is 12.5 Å². The normalized spacial score (nSPS) is 19.9. The molecule has 2 fully saturated rings. The highest BCUT2D eigenvalue weighted by Crippen LogP contribution is 2.36. The van der Waals surface area contributed by atoms with Gasteiger partial charge in [0.2, 0.25) is 0 Å². The summed E-state index contributed by atoms with van der Waals surface area (Å²) in [6.45, 7) is 6.35. The first kappa shape index (κ1) is 21.7. The Bertz CT molecular complexity index is 667. The zero-order valence-electron chi connectivity index (χ0n) is 16.8. The highest BCUT2D eigenvalue weighted by Gasteiger charge is 2.34. The van der Waals surface area contributed by atoms with Crippen LogP contribution in [0, 0.1) is 5.92 Å². The maximum absolute atomic E-state index is 12.7. The summed E-state index contributed by atoms with van der Waals surface area (Å²) in [6, 6.07) is 6.48. The van der Waals surface area contributed by atoms with Gasteiger partial charge in [-0.1, -0.05) is 18.2 Å². The molecule has 2 aliphatic heterocycles. The quantitative estimate of drug-likeness (QED) is 0.704. The van der Waals surface area contributed by atoms with E-state index in [9.17, 15) is 18.0 Å². The topological polar surface area (TPSA) is 42.0 Å². The summed E-state index contributed by atoms with van der Waals surface area (Å²) in [4.78, 5) is 16.0. The second-order valence-electron chi connectivity index (χ2n) is 7.79. The monoisotopic (exact) mass is 414 g/mol. The Hall–Kier alpha value is -1.96. The Kier molecular flexibility index (Phi) is 7.27. The van der Waals surface area contributed by atoms with Crippen LogP contribution in [0.25, 0.3) is 0 Å². The predicted molar refractivity (Wildman–Crippen MR) is 103 cm³/mol. The zero-order valence-corrected chi connectivity index (χ0v) is 16.8. The summed E-state index contributed by atoms with van der Waals surface area (Å²) >= 11 is 0. The maximum atomic E-state index is 12.7. The Morgan fingerprint density at radius 3 is 2.34 bits per heavy atom. The summed E-state index contributed by atoms with van der Waals surface area (Å²) in [5.74, 6) is 0.540. The molecule has 3 rings (SSSR count). The van der Waals surface area contributed by atoms with Gasteiger partial charge < -0.3 is 19.3 Å². The van der Waals surface area contributed by atoms with Crippen molar-refractivity contribution in [3.63, 3.8) is 0 Å². The third kappa shape index (κ3) is 6.26. The first-order chi connectivity index (χ1) is 13.9. The van der Waals surface area contributed by atoms with E-state index in [2.05, 4.69) is 9.64 Å². The molecular formula is C21H29F3N2O3. The Morgan fingerprint density at radius 1 is 1.07 bits per heavy atom. The van der Waals surface area contributed by atoms with Crippen molar-refractivity contribution in [2.45, 2.75) is 44.9 Å². The van der Waals surface area contributed by atoms with Gasteiger partial charge in [-0.25, -0.2) is 4.79 Å². The number of amides is 1. The van der Waals surface area contributed by atoms with Crippen LogP contribution in [0.4, 0.5) is 18.0 Å². The molecule has 29 heavy (non-hydrogen) atoms. The van der Waals surface area contributed by atoms with E-state index < -0.39 is 6.36 Å². The number of halogens is 3. The molecule has 2 heterocycles. The molecule has 1 amide bonds. The van der Waals surface area contributed by atoms with Crippen LogP contribution in [0.1, 0.15) is 44.1 Å². The lowest BCUT2D eigenvalue weighted by Gasteiger charge is -2.37. The van der Waals surface area contributed by atoms with Crippen molar-refractivity contribution in [2.75, 3.05) is 39.3 Å². The molecule has 0 saturated carbocycles. The van der Waals surface area contributed by atoms with E-state index in [0.29, 0.717) is 18.1 Å². The first-order valence-electron chi connectivity index (χ1n) is 10.3. The molecule has 8 heteroatoms. The molecule has 0 atom stereocenters. The molecule has 0 radical (unpaired) electrons. The Balaban J connectivity index is 1.47. The number of carbonyl (C=O) groups excluding carboxylic acids is 1. The van der Waals surface area contributed by atoms with E-state index in [1.54, 1.807) is 23.1 Å². The van der Waals surface area contributed by atoms with Gasteiger partial charge in [-0.3, -0.25) is 0 Å². The summed E-state index contributed by atoms with van der Waals surface area (Å²) < 4.78 is 47.3. The molecule has 1 aromatic rings. The van der Waals surface area contributed by atoms with E-state index in [0.717, 1.165) is 58.4 Å². The first-order valence-corrected chi connectivity index (χ1v) is 10.3. The molecule has 0 spiro atoms. The van der Waals surface area contributed by atoms with E-state index in [1.165, 1.54) is 6.07 Å². The van der Waals surface area contributed by atoms with Crippen molar-refractivity contribution in [1.82, 2.24) is 9.80 Å². The average molecular weight is 414 g/mol. The van der Waals surface area contributed by atoms with Crippen molar-refractivity contribution in [3.8, 4) is 5.75 Å². The lowest BCUT2D eigenvalue weighted by molar-refractivity contribution is -0.275. The molecule has 5 nitrogen and oxygen atoms in total. The lowest BCUT2D eigenvalue weighted by atomic mass is 9.88. The molecule has 0 aliphatic carbocycles. The number of ether oxygens (including phenoxy) is 2. The predicted octanol–water partition coefficient (Wildman–Crippen LogP) is 4.63. The maximum Gasteiger partial charge on any atom is 0.573 e. The van der Waals surface area contributed by atoms with E-state index >= 15 is 0 Å². The van der Waals surface area contributed by atoms with Gasteiger partial charge in [0.25, 0.3) is 0 Å². The highest BCUT2D eigenvalue weighted by atomic mass is 19.4. The lowest BCUT2D eigenvalue weighted by Crippen LogP contribution is -2.43. The molecule has 1 aromatic carbocycles. The number of rotatable bonds is 5. The van der Waals surface area contributed by atoms with Gasteiger partial charge in [-0.15, -0.1) is 13.2 Å². The Labute approximate surface area is 169 Å². The van der Waals surface area contributed by atoms with Gasteiger partial charge in [0, 0.05) is 19.6 Å². The van der Waals surface area contributed by atoms with E-state index in [-0.39, 0.29) is 17.8 Å². The largest absolute Gasteiger partial charge is 0.573 e. The number of carbonyl (C=O) groups is 1. The van der Waals surface area contributed by atoms with Gasteiger partial charge in [0.15, 0.2) is 0 Å². The van der Waals surface area contributed by atoms with E-state index in [4.69, 9.17) is 4.74 Å². The van der Waals surface area contributed by atoms with Crippen LogP contribution in [-0.2, 0) is 4.74 Å². The number of hydrogen-bond acceptors (Lipinski definition) is 4. The minimum atomic E-state index is -4.67. The highest BCUT2D eigenvalue weighted by molar-refractivity contribution is 5.67. The van der Waals surface area contributed by atoms with Crippen LogP contribution < -0.4 is 4.74 Å². The second-order valence-corrected chi connectivity index (χ2v) is 7.79. The van der Waals surface area contributed by atoms with Gasteiger partial charge in [-0.2, -0.15) is 0 Å². The van der Waals surface area contributed by atoms with Crippen molar-refractivity contribution < 1.29 is 27.4 Å². The minimum absolute atomic E-state index is 0.0789. The molecule has 0 N–H and O–H groups in total. The van der Waals surface area contributed by atoms with Crippen molar-refractivity contribution in [1.29, 1.82) is 0 Å². The van der Waals surface area contributed by atoms with Crippen LogP contribution in [0.3, 0.4) is 0 Å². The number of para-hydroxylation sites is 1. The van der Waals surface area contributed by atoms with Crippen LogP contribution >= 0.6 is 0 Å². The number of alkyl halides is 3. The van der Waals surface area contributed by atoms with Crippen LogP contribution in [-0.4, -0.2) is 61.6 Å². The molecule has 2 aliphatic rings. The summed E-state index contributed by atoms with van der Waals surface area (Å²) in [5, 5.41) is 0. The summed E-state index contributed by atoms with van der Waals surface area (Å²) in [6.07, 6.45) is -1.34. The van der Waals surface area contributed by atoms with Gasteiger partial charge in [0.1, 0.15) is 5.75 Å². The van der Waals surface area contributed by atoms with Gasteiger partial charge in [-0.05, 0) is 69.2 Å². The molecular weight excluding hydrogens is 385 g/mol.